The van der Waals surface area contributed by atoms with Gasteiger partial charge in [0.2, 0.25) is 11.8 Å². The molecule has 0 bridgehead atoms. The van der Waals surface area contributed by atoms with Crippen molar-refractivity contribution < 1.29 is 9.59 Å². The number of thioether (sulfide) groups is 1. The van der Waals surface area contributed by atoms with E-state index in [1.54, 1.807) is 30.0 Å². The molecule has 2 amide bonds. The number of benzene rings is 2. The van der Waals surface area contributed by atoms with Crippen LogP contribution in [0.1, 0.15) is 38.8 Å². The van der Waals surface area contributed by atoms with Crippen molar-refractivity contribution in [1.82, 2.24) is 10.2 Å². The normalized spacial score (nSPS) is 12.3. The Morgan fingerprint density at radius 1 is 1.03 bits per heavy atom. The number of amides is 2. The van der Waals surface area contributed by atoms with Gasteiger partial charge in [-0.3, -0.25) is 9.59 Å². The predicted octanol–water partition coefficient (Wildman–Crippen LogP) is 5.56. The molecule has 1 unspecified atom stereocenters. The van der Waals surface area contributed by atoms with Gasteiger partial charge in [-0.15, -0.1) is 11.8 Å². The van der Waals surface area contributed by atoms with Crippen molar-refractivity contribution in [2.45, 2.75) is 51.6 Å². The van der Waals surface area contributed by atoms with Gasteiger partial charge in [0.25, 0.3) is 0 Å². The maximum atomic E-state index is 13.1. The Morgan fingerprint density at radius 3 is 2.20 bits per heavy atom. The zero-order valence-corrected chi connectivity index (χ0v) is 20.1. The molecule has 0 aliphatic carbocycles. The van der Waals surface area contributed by atoms with Gasteiger partial charge < -0.3 is 10.2 Å². The maximum absolute atomic E-state index is 13.1. The molecule has 0 aromatic heterocycles. The summed E-state index contributed by atoms with van der Waals surface area (Å²) < 4.78 is 0. The minimum Gasteiger partial charge on any atom is -0.350 e. The van der Waals surface area contributed by atoms with Crippen LogP contribution in [-0.4, -0.2) is 34.0 Å². The van der Waals surface area contributed by atoms with Gasteiger partial charge in [0.05, 0.1) is 5.75 Å². The largest absolute Gasteiger partial charge is 0.350 e. The van der Waals surface area contributed by atoms with E-state index in [1.807, 2.05) is 51.1 Å². The molecule has 1 atom stereocenters. The van der Waals surface area contributed by atoms with Crippen molar-refractivity contribution in [3.63, 3.8) is 0 Å². The van der Waals surface area contributed by atoms with Crippen LogP contribution in [0, 0.1) is 0 Å². The fourth-order valence-corrected chi connectivity index (χ4v) is 4.48. The minimum absolute atomic E-state index is 0.108. The van der Waals surface area contributed by atoms with Crippen molar-refractivity contribution >= 4 is 46.8 Å². The fourth-order valence-electron chi connectivity index (χ4n) is 2.83. The molecular weight excluding hydrogens is 439 g/mol. The van der Waals surface area contributed by atoms with E-state index in [4.69, 9.17) is 23.2 Å². The molecule has 0 saturated heterocycles. The number of halogens is 2. The summed E-state index contributed by atoms with van der Waals surface area (Å²) in [5, 5.41) is 4.13. The van der Waals surface area contributed by atoms with Gasteiger partial charge in [0.1, 0.15) is 6.04 Å². The molecule has 0 fully saturated rings. The lowest BCUT2D eigenvalue weighted by atomic mass is 10.1. The first kappa shape index (κ1) is 24.6. The van der Waals surface area contributed by atoms with Gasteiger partial charge in [0.15, 0.2) is 0 Å². The van der Waals surface area contributed by atoms with Crippen LogP contribution in [0.15, 0.2) is 48.5 Å². The summed E-state index contributed by atoms with van der Waals surface area (Å²) >= 11 is 13.9. The topological polar surface area (TPSA) is 49.4 Å². The van der Waals surface area contributed by atoms with Gasteiger partial charge in [-0.2, -0.15) is 0 Å². The lowest BCUT2D eigenvalue weighted by Gasteiger charge is -2.31. The molecule has 0 aliphatic rings. The van der Waals surface area contributed by atoms with E-state index in [0.29, 0.717) is 22.3 Å². The minimum atomic E-state index is -0.596. The summed E-state index contributed by atoms with van der Waals surface area (Å²) in [6, 6.07) is 14.4. The van der Waals surface area contributed by atoms with Gasteiger partial charge in [-0.05, 0) is 51.0 Å². The zero-order valence-electron chi connectivity index (χ0n) is 17.7. The van der Waals surface area contributed by atoms with E-state index >= 15 is 0 Å². The van der Waals surface area contributed by atoms with E-state index in [2.05, 4.69) is 5.32 Å². The van der Waals surface area contributed by atoms with E-state index < -0.39 is 6.04 Å². The first-order valence-corrected chi connectivity index (χ1v) is 11.7. The van der Waals surface area contributed by atoms with Gasteiger partial charge >= 0.3 is 0 Å². The second-order valence-electron chi connectivity index (χ2n) is 8.12. The van der Waals surface area contributed by atoms with Gasteiger partial charge in [-0.1, -0.05) is 59.6 Å². The Hall–Kier alpha value is -1.69. The van der Waals surface area contributed by atoms with Crippen LogP contribution in [0.3, 0.4) is 0 Å². The Bertz CT molecular complexity index is 849. The average Bonchev–Trinajstić information content (AvgIpc) is 2.67. The Morgan fingerprint density at radius 2 is 1.63 bits per heavy atom. The Kier molecular flexibility index (Phi) is 9.08. The second-order valence-corrected chi connectivity index (χ2v) is 9.92. The standard InChI is InChI=1S/C23H28Cl2N2O2S/c1-16(22(29)26-23(2,3)4)27(13-17-9-6-5-7-10-17)21(28)15-30-14-18-19(24)11-8-12-20(18)25/h5-12,16H,13-15H2,1-4H3,(H,26,29). The number of nitrogens with zero attached hydrogens (tertiary/aromatic N) is 1. The quantitative estimate of drug-likeness (QED) is 0.553. The molecule has 0 heterocycles. The van der Waals surface area contributed by atoms with E-state index in [9.17, 15) is 9.59 Å². The molecule has 1 N–H and O–H groups in total. The van der Waals surface area contributed by atoms with Crippen LogP contribution in [0.25, 0.3) is 0 Å². The van der Waals surface area contributed by atoms with Gasteiger partial charge in [0, 0.05) is 27.9 Å². The molecular formula is C23H28Cl2N2O2S. The molecule has 0 aliphatic heterocycles. The van der Waals surface area contributed by atoms with Crippen LogP contribution in [-0.2, 0) is 21.9 Å². The van der Waals surface area contributed by atoms with Crippen molar-refractivity contribution in [3.05, 3.63) is 69.7 Å². The fraction of sp³-hybridized carbons (Fsp3) is 0.391. The predicted molar refractivity (Wildman–Crippen MR) is 127 cm³/mol. The van der Waals surface area contributed by atoms with Crippen LogP contribution >= 0.6 is 35.0 Å². The SMILES string of the molecule is CC(C(=O)NC(C)(C)C)N(Cc1ccccc1)C(=O)CSCc1c(Cl)cccc1Cl. The first-order chi connectivity index (χ1) is 14.1. The highest BCUT2D eigenvalue weighted by Gasteiger charge is 2.28. The highest BCUT2D eigenvalue weighted by molar-refractivity contribution is 7.99. The summed E-state index contributed by atoms with van der Waals surface area (Å²) in [5.74, 6) is 0.461. The molecule has 30 heavy (non-hydrogen) atoms. The maximum Gasteiger partial charge on any atom is 0.242 e. The molecule has 0 radical (unpaired) electrons. The number of carbonyl (C=O) groups excluding carboxylic acids is 2. The Balaban J connectivity index is 2.10. The molecule has 2 aromatic rings. The van der Waals surface area contributed by atoms with Crippen LogP contribution in [0.4, 0.5) is 0 Å². The van der Waals surface area contributed by atoms with Crippen molar-refractivity contribution in [2.75, 3.05) is 5.75 Å². The zero-order chi connectivity index (χ0) is 22.3. The molecule has 7 heteroatoms. The first-order valence-electron chi connectivity index (χ1n) is 9.74. The number of nitrogens with one attached hydrogen (secondary N) is 1. The van der Waals surface area contributed by atoms with Crippen molar-refractivity contribution in [2.24, 2.45) is 0 Å². The summed E-state index contributed by atoms with van der Waals surface area (Å²) in [6.07, 6.45) is 0. The van der Waals surface area contributed by atoms with Gasteiger partial charge in [-0.25, -0.2) is 0 Å². The van der Waals surface area contributed by atoms with Crippen LogP contribution in [0.5, 0.6) is 0 Å². The number of carbonyl (C=O) groups is 2. The molecule has 0 saturated carbocycles. The number of hydrogen-bond donors (Lipinski definition) is 1. The highest BCUT2D eigenvalue weighted by Crippen LogP contribution is 2.28. The van der Waals surface area contributed by atoms with E-state index in [0.717, 1.165) is 11.1 Å². The summed E-state index contributed by atoms with van der Waals surface area (Å²) in [4.78, 5) is 27.4. The lowest BCUT2D eigenvalue weighted by molar-refractivity contribution is -0.139. The highest BCUT2D eigenvalue weighted by atomic mass is 35.5. The van der Waals surface area contributed by atoms with Crippen molar-refractivity contribution in [1.29, 1.82) is 0 Å². The third-order valence-corrected chi connectivity index (χ3v) is 6.05. The smallest absolute Gasteiger partial charge is 0.242 e. The molecule has 4 nitrogen and oxygen atoms in total. The average molecular weight is 467 g/mol. The number of rotatable bonds is 8. The third-order valence-electron chi connectivity index (χ3n) is 4.39. The second kappa shape index (κ2) is 11.1. The summed E-state index contributed by atoms with van der Waals surface area (Å²) in [7, 11) is 0. The Labute approximate surface area is 193 Å². The van der Waals surface area contributed by atoms with Crippen LogP contribution in [0.2, 0.25) is 10.0 Å². The monoisotopic (exact) mass is 466 g/mol. The third kappa shape index (κ3) is 7.53. The molecule has 2 aromatic carbocycles. The van der Waals surface area contributed by atoms with Crippen LogP contribution < -0.4 is 5.32 Å². The summed E-state index contributed by atoms with van der Waals surface area (Å²) in [6.45, 7) is 7.89. The lowest BCUT2D eigenvalue weighted by Crippen LogP contribution is -2.52. The summed E-state index contributed by atoms with van der Waals surface area (Å²) in [5.41, 5.74) is 1.41. The van der Waals surface area contributed by atoms with E-state index in [-0.39, 0.29) is 23.1 Å². The van der Waals surface area contributed by atoms with E-state index in [1.165, 1.54) is 11.8 Å². The molecule has 2 rings (SSSR count). The molecule has 0 spiro atoms. The molecule has 162 valence electrons. The number of hydrogen-bond acceptors (Lipinski definition) is 3. The van der Waals surface area contributed by atoms with Crippen molar-refractivity contribution in [3.8, 4) is 0 Å².